The van der Waals surface area contributed by atoms with Crippen LogP contribution in [0.5, 0.6) is 0 Å². The van der Waals surface area contributed by atoms with Crippen LogP contribution in [-0.2, 0) is 76.9 Å². The Kier molecular flexibility index (Phi) is 28.5. The molecule has 424 valence electrons. The summed E-state index contributed by atoms with van der Waals surface area (Å²) in [6.45, 7) is 0.520. The molecule has 4 saturated heterocycles. The van der Waals surface area contributed by atoms with Crippen molar-refractivity contribution in [3.05, 3.63) is 78.6 Å². The van der Waals surface area contributed by atoms with Gasteiger partial charge in [-0.05, 0) is 90.0 Å². The molecule has 6 heterocycles. The number of benzene rings is 1. The number of pyridine rings is 2. The molecule has 2 aromatic heterocycles. The maximum Gasteiger partial charge on any atom is 0.363 e. The zero-order valence-electron chi connectivity index (χ0n) is 42.9. The lowest BCUT2D eigenvalue weighted by atomic mass is 10.2. The van der Waals surface area contributed by atoms with Gasteiger partial charge in [0.1, 0.15) is 10.1 Å². The molecule has 3 aromatic rings. The highest BCUT2D eigenvalue weighted by atomic mass is 33.1. The molecule has 3 N–H and O–H groups in total. The van der Waals surface area contributed by atoms with E-state index in [9.17, 15) is 62.3 Å². The summed E-state index contributed by atoms with van der Waals surface area (Å²) >= 11 is 0. The van der Waals surface area contributed by atoms with E-state index in [-0.39, 0.29) is 82.2 Å². The molecule has 0 spiro atoms. The molecule has 4 fully saturated rings. The van der Waals surface area contributed by atoms with Gasteiger partial charge in [0.25, 0.3) is 47.3 Å². The maximum absolute atomic E-state index is 11.8. The van der Waals surface area contributed by atoms with Crippen LogP contribution in [0.25, 0.3) is 0 Å². The zero-order valence-corrected chi connectivity index (χ0v) is 46.2. The quantitative estimate of drug-likeness (QED) is 0.0646. The molecule has 7 rings (SSSR count). The van der Waals surface area contributed by atoms with Gasteiger partial charge in [-0.15, -0.1) is 20.3 Å². The molecule has 0 aliphatic carbocycles. The van der Waals surface area contributed by atoms with E-state index in [1.807, 2.05) is 36.4 Å². The third-order valence-corrected chi connectivity index (χ3v) is 14.8. The molecule has 0 saturated carbocycles. The Morgan fingerprint density at radius 3 is 1.33 bits per heavy atom. The summed E-state index contributed by atoms with van der Waals surface area (Å²) in [5.41, 5.74) is 1.13. The molecule has 0 atom stereocenters. The van der Waals surface area contributed by atoms with Crippen molar-refractivity contribution in [1.29, 1.82) is 0 Å². The van der Waals surface area contributed by atoms with Crippen LogP contribution in [0.3, 0.4) is 0 Å². The number of aromatic nitrogens is 2. The lowest BCUT2D eigenvalue weighted by molar-refractivity contribution is -0.197. The van der Waals surface area contributed by atoms with Crippen LogP contribution in [0.4, 0.5) is 5.69 Å². The van der Waals surface area contributed by atoms with E-state index in [2.05, 4.69) is 30.8 Å². The molecule has 0 unspecified atom stereocenters. The molecule has 30 heteroatoms. The number of anilines is 1. The second-order valence-corrected chi connectivity index (χ2v) is 21.1. The Labute approximate surface area is 468 Å². The van der Waals surface area contributed by atoms with Crippen molar-refractivity contribution in [3.63, 3.8) is 0 Å². The fourth-order valence-electron chi connectivity index (χ4n) is 6.26. The number of carbonyl (C=O) groups excluding carboxylic acids is 13. The molecule has 1 aromatic carbocycles. The summed E-state index contributed by atoms with van der Waals surface area (Å²) < 4.78 is 0. The number of imide groups is 4. The summed E-state index contributed by atoms with van der Waals surface area (Å²) in [6.07, 6.45) is 6.99. The van der Waals surface area contributed by atoms with Crippen LogP contribution in [0, 0.1) is 0 Å². The highest BCUT2D eigenvalue weighted by molar-refractivity contribution is 8.77. The monoisotopic (exact) mass is 1170 g/mol. The summed E-state index contributed by atoms with van der Waals surface area (Å²) in [6, 6.07) is 17.8. The topological polar surface area (TPSA) is 334 Å². The first-order valence-corrected chi connectivity index (χ1v) is 29.0. The number of hydrogen-bond donors (Lipinski definition) is 3. The van der Waals surface area contributed by atoms with Gasteiger partial charge in [-0.25, -0.2) is 29.1 Å². The summed E-state index contributed by atoms with van der Waals surface area (Å²) in [7, 11) is 9.37. The van der Waals surface area contributed by atoms with Gasteiger partial charge in [0.15, 0.2) is 0 Å². The number of rotatable bonds is 24. The Hall–Kier alpha value is -7.41. The number of unbranched alkanes of at least 4 members (excludes halogenated alkanes) is 2. The predicted molar refractivity (Wildman–Crippen MR) is 284 cm³/mol. The third-order valence-electron chi connectivity index (χ3n) is 10.3. The molecule has 26 nitrogen and oxygen atoms in total. The molecule has 4 aliphatic rings. The molecule has 9 amide bonds. The van der Waals surface area contributed by atoms with Crippen LogP contribution in [0.1, 0.15) is 100 Å². The smallest absolute Gasteiger partial charge is 0.363 e. The summed E-state index contributed by atoms with van der Waals surface area (Å²) in [4.78, 5) is 174. The van der Waals surface area contributed by atoms with Crippen LogP contribution >= 0.6 is 43.2 Å². The first-order chi connectivity index (χ1) is 38.0. The molecule has 0 radical (unpaired) electrons. The zero-order chi connectivity index (χ0) is 57.5. The van der Waals surface area contributed by atoms with E-state index < -0.39 is 71.1 Å². The van der Waals surface area contributed by atoms with Crippen molar-refractivity contribution in [2.75, 3.05) is 44.0 Å². The van der Waals surface area contributed by atoms with Crippen molar-refractivity contribution >= 4 is 126 Å². The number of nitrogens with zero attached hydrogens (tertiary/aromatic N) is 6. The minimum Gasteiger partial charge on any atom is -0.388 e. The Balaban J connectivity index is 0.000000235. The highest BCUT2D eigenvalue weighted by Crippen LogP contribution is 2.30. The van der Waals surface area contributed by atoms with Crippen LogP contribution in [-0.4, -0.2) is 146 Å². The van der Waals surface area contributed by atoms with E-state index in [4.69, 9.17) is 14.5 Å². The molecule has 0 bridgehead atoms. The third kappa shape index (κ3) is 23.6. The van der Waals surface area contributed by atoms with Gasteiger partial charge in [0.05, 0.1) is 18.5 Å². The van der Waals surface area contributed by atoms with Crippen molar-refractivity contribution in [3.8, 4) is 0 Å². The Morgan fingerprint density at radius 2 is 0.911 bits per heavy atom. The summed E-state index contributed by atoms with van der Waals surface area (Å²) in [5.74, 6) is -5.09. The van der Waals surface area contributed by atoms with E-state index in [1.165, 1.54) is 21.6 Å². The average Bonchev–Trinajstić information content (AvgIpc) is 4.17. The van der Waals surface area contributed by atoms with Crippen molar-refractivity contribution in [2.24, 2.45) is 0 Å². The molecular weight excluding hydrogens is 1110 g/mol. The van der Waals surface area contributed by atoms with Crippen molar-refractivity contribution in [1.82, 2.24) is 40.9 Å². The van der Waals surface area contributed by atoms with Gasteiger partial charge in [0.2, 0.25) is 5.91 Å². The Bertz CT molecular complexity index is 2580. The standard InChI is InChI=1S/C18H23N3O5S2.C12H12N2O4S2.C12H12N2O4.C7H10N2O4/c22-14(10-13-27-28-15-6-3-5-12-20-15)19-11-4-1-2-7-18(25)26-21-16(23)8-9-17(21)24;15-10-4-5-11(16)14(10)18-12(17)6-8-19-20-9-3-1-2-7-13-9;1-13-9-4-2-8(3-5-9)12(17)18-14-10(15)6-7-11(14)16;1-8-4-7(12)13-9-5(10)2-3-6(9)11/h3,5-6,12H,1-2,4,7-11,13H2,(H,19,22);1-3,7H,4-6,8H2;2-5,13H,6-7H2,1H3;8H,2-4H2,1H3. The fourth-order valence-corrected chi connectivity index (χ4v) is 9.98. The predicted octanol–water partition coefficient (Wildman–Crippen LogP) is 4.08. The van der Waals surface area contributed by atoms with E-state index in [1.54, 1.807) is 72.3 Å². The number of likely N-dealkylation sites (N-methyl/N-ethyl adjacent to an activating group) is 1. The van der Waals surface area contributed by atoms with Gasteiger partial charge in [-0.3, -0.25) is 43.2 Å². The number of nitrogens with one attached hydrogen (secondary N) is 3. The first-order valence-electron chi connectivity index (χ1n) is 24.4. The van der Waals surface area contributed by atoms with Crippen LogP contribution in [0.15, 0.2) is 83.1 Å². The lowest BCUT2D eigenvalue weighted by Crippen LogP contribution is -2.35. The highest BCUT2D eigenvalue weighted by Gasteiger charge is 2.35. The van der Waals surface area contributed by atoms with Gasteiger partial charge < -0.3 is 35.3 Å². The van der Waals surface area contributed by atoms with Crippen molar-refractivity contribution < 1.29 is 81.7 Å². The number of carbonyl (C=O) groups is 13. The normalized spacial score (nSPS) is 14.7. The number of amides is 9. The van der Waals surface area contributed by atoms with Gasteiger partial charge >= 0.3 is 23.9 Å². The fraction of sp³-hybridized carbons (Fsp3) is 0.408. The largest absolute Gasteiger partial charge is 0.388 e. The molecular formula is C49H57N9O17S4. The van der Waals surface area contributed by atoms with Gasteiger partial charge in [0, 0.05) is 107 Å². The minimum atomic E-state index is -0.721. The van der Waals surface area contributed by atoms with Crippen LogP contribution < -0.4 is 16.0 Å². The first kappa shape index (κ1) is 64.1. The van der Waals surface area contributed by atoms with Crippen molar-refractivity contribution in [2.45, 2.75) is 99.9 Å². The lowest BCUT2D eigenvalue weighted by Gasteiger charge is -2.12. The minimum absolute atomic E-state index is 0.000381. The van der Waals surface area contributed by atoms with E-state index in [0.717, 1.165) is 28.6 Å². The van der Waals surface area contributed by atoms with Gasteiger partial charge in [-0.2, -0.15) is 0 Å². The van der Waals surface area contributed by atoms with Crippen LogP contribution in [0.2, 0.25) is 0 Å². The van der Waals surface area contributed by atoms with E-state index in [0.29, 0.717) is 51.1 Å². The molecule has 79 heavy (non-hydrogen) atoms. The Morgan fingerprint density at radius 1 is 0.494 bits per heavy atom. The average molecular weight is 1170 g/mol. The number of hydroxylamine groups is 8. The SMILES string of the molecule is CNCC(=O)ON1C(=O)CCC1=O.CNc1ccc(C(=O)ON2C(=O)CCC2=O)cc1.O=C(CCSSc1ccccn1)NCCCCCC(=O)ON1C(=O)CCC1=O.O=C(CCSSc1ccccn1)ON1C(=O)CCC1=O. The molecule has 4 aliphatic heterocycles. The second-order valence-electron chi connectivity index (χ2n) is 16.3. The second kappa shape index (κ2) is 35.2. The van der Waals surface area contributed by atoms with E-state index >= 15 is 0 Å². The maximum atomic E-state index is 11.8. The van der Waals surface area contributed by atoms with Gasteiger partial charge in [-0.1, -0.05) is 40.1 Å². The summed E-state index contributed by atoms with van der Waals surface area (Å²) in [5, 5.41) is 12.3. The number of hydrogen-bond acceptors (Lipinski definition) is 25.